The van der Waals surface area contributed by atoms with Crippen LogP contribution in [0.2, 0.25) is 0 Å². The van der Waals surface area contributed by atoms with Crippen LogP contribution in [0.1, 0.15) is 19.8 Å². The van der Waals surface area contributed by atoms with E-state index in [1.807, 2.05) is 6.92 Å². The summed E-state index contributed by atoms with van der Waals surface area (Å²) in [6, 6.07) is 1.99. The fourth-order valence-electron chi connectivity index (χ4n) is 1.24. The Labute approximate surface area is 88.9 Å². The van der Waals surface area contributed by atoms with Crippen LogP contribution in [0.15, 0.2) is 12.4 Å². The van der Waals surface area contributed by atoms with Crippen LogP contribution in [-0.4, -0.2) is 27.7 Å². The van der Waals surface area contributed by atoms with Gasteiger partial charge in [0.15, 0.2) is 0 Å². The molecule has 0 aliphatic heterocycles. The fourth-order valence-corrected chi connectivity index (χ4v) is 1.24. The number of hydrogen-bond donors (Lipinski definition) is 4. The molecule has 1 heterocycles. The SMILES string of the molecule is CC(CCCO)Nc1cc(NN)ncn1. The van der Waals surface area contributed by atoms with Crippen molar-refractivity contribution in [1.29, 1.82) is 0 Å². The first-order valence-electron chi connectivity index (χ1n) is 4.92. The zero-order chi connectivity index (χ0) is 11.1. The highest BCUT2D eigenvalue weighted by atomic mass is 16.2. The number of nitrogens with zero attached hydrogens (tertiary/aromatic N) is 2. The molecule has 0 aromatic carbocycles. The minimum absolute atomic E-state index is 0.214. The van der Waals surface area contributed by atoms with E-state index in [1.165, 1.54) is 6.33 Å². The van der Waals surface area contributed by atoms with E-state index in [4.69, 9.17) is 10.9 Å². The number of aliphatic hydroxyl groups is 1. The van der Waals surface area contributed by atoms with E-state index in [0.29, 0.717) is 5.82 Å². The molecule has 0 aliphatic rings. The van der Waals surface area contributed by atoms with Gasteiger partial charge in [-0.3, -0.25) is 0 Å². The van der Waals surface area contributed by atoms with Gasteiger partial charge in [-0.1, -0.05) is 0 Å². The van der Waals surface area contributed by atoms with Gasteiger partial charge < -0.3 is 15.8 Å². The topological polar surface area (TPSA) is 96.1 Å². The second-order valence-corrected chi connectivity index (χ2v) is 3.34. The van der Waals surface area contributed by atoms with Crippen LogP contribution < -0.4 is 16.6 Å². The molecule has 0 saturated carbocycles. The van der Waals surface area contributed by atoms with E-state index in [-0.39, 0.29) is 12.6 Å². The summed E-state index contributed by atoms with van der Waals surface area (Å²) in [7, 11) is 0. The summed E-state index contributed by atoms with van der Waals surface area (Å²) in [4.78, 5) is 7.96. The van der Waals surface area contributed by atoms with Gasteiger partial charge in [0.1, 0.15) is 18.0 Å². The van der Waals surface area contributed by atoms with Crippen molar-refractivity contribution >= 4 is 11.6 Å². The Morgan fingerprint density at radius 1 is 1.47 bits per heavy atom. The molecule has 0 amide bonds. The summed E-state index contributed by atoms with van der Waals surface area (Å²) in [5.74, 6) is 6.53. The molecule has 6 heteroatoms. The van der Waals surface area contributed by atoms with Crippen molar-refractivity contribution in [2.75, 3.05) is 17.3 Å². The highest BCUT2D eigenvalue weighted by molar-refractivity contribution is 5.45. The van der Waals surface area contributed by atoms with Gasteiger partial charge >= 0.3 is 0 Å². The molecular formula is C9H17N5O. The maximum atomic E-state index is 8.68. The standard InChI is InChI=1S/C9H17N5O/c1-7(3-2-4-15)13-8-5-9(14-10)12-6-11-8/h5-7,15H,2-4,10H2,1H3,(H2,11,12,13,14). The van der Waals surface area contributed by atoms with E-state index in [1.54, 1.807) is 6.07 Å². The quantitative estimate of drug-likeness (QED) is 0.400. The summed E-state index contributed by atoms with van der Waals surface area (Å²) in [5, 5.41) is 11.9. The maximum absolute atomic E-state index is 8.68. The summed E-state index contributed by atoms with van der Waals surface area (Å²) in [5.41, 5.74) is 2.45. The molecule has 5 N–H and O–H groups in total. The van der Waals surface area contributed by atoms with Crippen molar-refractivity contribution in [3.8, 4) is 0 Å². The van der Waals surface area contributed by atoms with Gasteiger partial charge in [0.05, 0.1) is 0 Å². The number of aromatic nitrogens is 2. The largest absolute Gasteiger partial charge is 0.396 e. The van der Waals surface area contributed by atoms with Crippen molar-refractivity contribution in [2.45, 2.75) is 25.8 Å². The van der Waals surface area contributed by atoms with Gasteiger partial charge in [0.25, 0.3) is 0 Å². The number of aliphatic hydroxyl groups excluding tert-OH is 1. The van der Waals surface area contributed by atoms with E-state index in [9.17, 15) is 0 Å². The number of hydrazine groups is 1. The van der Waals surface area contributed by atoms with Crippen LogP contribution in [0.5, 0.6) is 0 Å². The molecule has 0 fully saturated rings. The number of anilines is 2. The first-order valence-corrected chi connectivity index (χ1v) is 4.92. The van der Waals surface area contributed by atoms with E-state index in [2.05, 4.69) is 20.7 Å². The number of nitrogens with one attached hydrogen (secondary N) is 2. The van der Waals surface area contributed by atoms with Crippen molar-refractivity contribution in [3.63, 3.8) is 0 Å². The van der Waals surface area contributed by atoms with Crippen LogP contribution in [0, 0.1) is 0 Å². The Bertz CT molecular complexity index is 294. The van der Waals surface area contributed by atoms with Crippen molar-refractivity contribution < 1.29 is 5.11 Å². The lowest BCUT2D eigenvalue weighted by atomic mass is 10.2. The zero-order valence-electron chi connectivity index (χ0n) is 8.77. The third kappa shape index (κ3) is 4.09. The van der Waals surface area contributed by atoms with Crippen LogP contribution in [-0.2, 0) is 0 Å². The lowest BCUT2D eigenvalue weighted by Crippen LogP contribution is -2.17. The van der Waals surface area contributed by atoms with E-state index in [0.717, 1.165) is 18.7 Å². The van der Waals surface area contributed by atoms with Crippen LogP contribution in [0.4, 0.5) is 11.6 Å². The highest BCUT2D eigenvalue weighted by Gasteiger charge is 2.03. The predicted octanol–water partition coefficient (Wildman–Crippen LogP) is 0.335. The third-order valence-corrected chi connectivity index (χ3v) is 2.00. The Balaban J connectivity index is 2.48. The summed E-state index contributed by atoms with van der Waals surface area (Å²) in [6.45, 7) is 2.25. The third-order valence-electron chi connectivity index (χ3n) is 2.00. The minimum Gasteiger partial charge on any atom is -0.396 e. The molecule has 0 aliphatic carbocycles. The second kappa shape index (κ2) is 6.15. The Kier molecular flexibility index (Phi) is 4.79. The smallest absolute Gasteiger partial charge is 0.145 e. The van der Waals surface area contributed by atoms with E-state index < -0.39 is 0 Å². The zero-order valence-corrected chi connectivity index (χ0v) is 8.77. The molecule has 6 nitrogen and oxygen atoms in total. The minimum atomic E-state index is 0.214. The lowest BCUT2D eigenvalue weighted by molar-refractivity contribution is 0.282. The number of hydrogen-bond acceptors (Lipinski definition) is 6. The van der Waals surface area contributed by atoms with Gasteiger partial charge in [0, 0.05) is 18.7 Å². The van der Waals surface area contributed by atoms with Crippen LogP contribution in [0.25, 0.3) is 0 Å². The molecule has 1 rings (SSSR count). The highest BCUT2D eigenvalue weighted by Crippen LogP contribution is 2.10. The second-order valence-electron chi connectivity index (χ2n) is 3.34. The summed E-state index contributed by atoms with van der Waals surface area (Å²) in [6.07, 6.45) is 3.11. The van der Waals surface area contributed by atoms with Gasteiger partial charge in [-0.25, -0.2) is 15.8 Å². The van der Waals surface area contributed by atoms with Gasteiger partial charge in [-0.2, -0.15) is 0 Å². The van der Waals surface area contributed by atoms with Gasteiger partial charge in [-0.15, -0.1) is 0 Å². The number of nitrogen functional groups attached to an aromatic ring is 1. The molecule has 1 atom stereocenters. The van der Waals surface area contributed by atoms with Gasteiger partial charge in [-0.05, 0) is 19.8 Å². The number of nitrogens with two attached hydrogens (primary N) is 1. The molecule has 0 bridgehead atoms. The molecule has 1 unspecified atom stereocenters. The lowest BCUT2D eigenvalue weighted by Gasteiger charge is -2.13. The molecule has 84 valence electrons. The van der Waals surface area contributed by atoms with Crippen LogP contribution in [0.3, 0.4) is 0 Å². The van der Waals surface area contributed by atoms with E-state index >= 15 is 0 Å². The predicted molar refractivity (Wildman–Crippen MR) is 59.2 cm³/mol. The Morgan fingerprint density at radius 2 is 2.20 bits per heavy atom. The van der Waals surface area contributed by atoms with Gasteiger partial charge in [0.2, 0.25) is 0 Å². The van der Waals surface area contributed by atoms with Crippen molar-refractivity contribution in [2.24, 2.45) is 5.84 Å². The first-order chi connectivity index (χ1) is 7.26. The Morgan fingerprint density at radius 3 is 2.87 bits per heavy atom. The fraction of sp³-hybridized carbons (Fsp3) is 0.556. The average Bonchev–Trinajstić information content (AvgIpc) is 2.26. The van der Waals surface area contributed by atoms with Crippen LogP contribution >= 0.6 is 0 Å². The average molecular weight is 211 g/mol. The molecular weight excluding hydrogens is 194 g/mol. The monoisotopic (exact) mass is 211 g/mol. The normalized spacial score (nSPS) is 12.2. The first kappa shape index (κ1) is 11.7. The van der Waals surface area contributed by atoms with Crippen molar-refractivity contribution in [3.05, 3.63) is 12.4 Å². The molecule has 1 aromatic rings. The molecule has 0 radical (unpaired) electrons. The molecule has 0 spiro atoms. The van der Waals surface area contributed by atoms with Crippen molar-refractivity contribution in [1.82, 2.24) is 9.97 Å². The number of rotatable bonds is 6. The maximum Gasteiger partial charge on any atom is 0.145 e. The summed E-state index contributed by atoms with van der Waals surface area (Å²) >= 11 is 0. The molecule has 15 heavy (non-hydrogen) atoms. The summed E-state index contributed by atoms with van der Waals surface area (Å²) < 4.78 is 0. The molecule has 0 saturated heterocycles. The Hall–Kier alpha value is -1.40. The molecule has 1 aromatic heterocycles.